The van der Waals surface area contributed by atoms with E-state index in [1.165, 1.54) is 27.2 Å². The van der Waals surface area contributed by atoms with Gasteiger partial charge in [0.2, 0.25) is 6.33 Å². The highest BCUT2D eigenvalue weighted by Gasteiger charge is 2.13. The first-order valence-corrected chi connectivity index (χ1v) is 6.77. The normalized spacial score (nSPS) is 11.2. The number of fused-ring (bicyclic) bond motifs is 2. The highest BCUT2D eigenvalue weighted by molar-refractivity contribution is 6.07. The summed E-state index contributed by atoms with van der Waals surface area (Å²) in [6.45, 7) is 0. The molecule has 2 nitrogen and oxygen atoms in total. The van der Waals surface area contributed by atoms with Crippen molar-refractivity contribution in [2.24, 2.45) is 7.05 Å². The van der Waals surface area contributed by atoms with Crippen molar-refractivity contribution in [2.75, 3.05) is 0 Å². The van der Waals surface area contributed by atoms with E-state index >= 15 is 0 Å². The average Bonchev–Trinajstić information content (AvgIpc) is 2.91. The molecular weight excluding hydrogens is 244 g/mol. The molecule has 3 aromatic carbocycles. The predicted octanol–water partition coefficient (Wildman–Crippen LogP) is 3.61. The summed E-state index contributed by atoms with van der Waals surface area (Å²) in [5.41, 5.74) is 1.25. The van der Waals surface area contributed by atoms with E-state index in [0.717, 1.165) is 0 Å². The molecule has 0 saturated heterocycles. The zero-order chi connectivity index (χ0) is 13.5. The molecule has 0 amide bonds. The molecule has 1 heterocycles. The van der Waals surface area contributed by atoms with Crippen molar-refractivity contribution in [2.45, 2.75) is 0 Å². The first-order valence-electron chi connectivity index (χ1n) is 6.77. The third-order valence-corrected chi connectivity index (χ3v) is 3.77. The maximum atomic E-state index is 2.26. The molecule has 0 fully saturated rings. The fourth-order valence-electron chi connectivity index (χ4n) is 2.85. The number of hydrogen-bond donors (Lipinski definition) is 0. The molecule has 4 rings (SSSR count). The van der Waals surface area contributed by atoms with Crippen LogP contribution in [0.25, 0.3) is 27.2 Å². The minimum Gasteiger partial charge on any atom is -0.239 e. The van der Waals surface area contributed by atoms with E-state index in [9.17, 15) is 0 Å². The van der Waals surface area contributed by atoms with Gasteiger partial charge in [0.25, 0.3) is 0 Å². The summed E-state index contributed by atoms with van der Waals surface area (Å²) in [6, 6.07) is 19.4. The zero-order valence-electron chi connectivity index (χ0n) is 11.3. The smallest absolute Gasteiger partial charge is 0.239 e. The molecule has 4 aromatic rings. The molecule has 0 atom stereocenters. The third-order valence-electron chi connectivity index (χ3n) is 3.77. The molecule has 1 aromatic heterocycles. The summed E-state index contributed by atoms with van der Waals surface area (Å²) >= 11 is 0. The van der Waals surface area contributed by atoms with Crippen molar-refractivity contribution >= 4 is 21.5 Å². The fourth-order valence-corrected chi connectivity index (χ4v) is 2.85. The summed E-state index contributed by atoms with van der Waals surface area (Å²) < 4.78 is 4.27. The maximum absolute atomic E-state index is 2.26. The number of nitrogens with zero attached hydrogens (tertiary/aromatic N) is 2. The standard InChI is InChI=1S/C18H15N2/c1-19-10-11-20(13-19)18-16-8-4-2-6-14(16)12-15-7-3-5-9-17(15)18/h2-13H,1H3/q+1. The van der Waals surface area contributed by atoms with Crippen LogP contribution in [-0.4, -0.2) is 4.57 Å². The second-order valence-corrected chi connectivity index (χ2v) is 5.15. The molecule has 0 saturated carbocycles. The SMILES string of the molecule is C[n+]1ccn(-c2c3ccccc3cc3ccccc23)c1. The highest BCUT2D eigenvalue weighted by Crippen LogP contribution is 2.30. The van der Waals surface area contributed by atoms with Crippen molar-refractivity contribution < 1.29 is 4.57 Å². The van der Waals surface area contributed by atoms with Crippen LogP contribution in [0.4, 0.5) is 0 Å². The maximum Gasteiger partial charge on any atom is 0.248 e. The van der Waals surface area contributed by atoms with Crippen LogP contribution in [0.5, 0.6) is 0 Å². The van der Waals surface area contributed by atoms with Crippen LogP contribution < -0.4 is 4.57 Å². The van der Waals surface area contributed by atoms with E-state index in [1.54, 1.807) is 0 Å². The minimum atomic E-state index is 1.25. The van der Waals surface area contributed by atoms with Crippen molar-refractivity contribution in [3.63, 3.8) is 0 Å². The lowest BCUT2D eigenvalue weighted by Crippen LogP contribution is -2.23. The lowest BCUT2D eigenvalue weighted by atomic mass is 10.0. The Balaban J connectivity index is 2.23. The molecule has 0 radical (unpaired) electrons. The Kier molecular flexibility index (Phi) is 2.36. The highest BCUT2D eigenvalue weighted by atomic mass is 15.1. The molecule has 0 aliphatic rings. The van der Waals surface area contributed by atoms with E-state index < -0.39 is 0 Å². The van der Waals surface area contributed by atoms with Gasteiger partial charge in [0, 0.05) is 10.8 Å². The van der Waals surface area contributed by atoms with Gasteiger partial charge in [0.05, 0.1) is 7.05 Å². The summed E-state index contributed by atoms with van der Waals surface area (Å²) in [4.78, 5) is 0. The van der Waals surface area contributed by atoms with E-state index in [2.05, 4.69) is 82.5 Å². The van der Waals surface area contributed by atoms with Crippen molar-refractivity contribution in [1.29, 1.82) is 0 Å². The molecule has 20 heavy (non-hydrogen) atoms. The number of benzene rings is 3. The summed E-state index contributed by atoms with van der Waals surface area (Å²) in [5.74, 6) is 0. The first kappa shape index (κ1) is 11.2. The molecular formula is C18H15N2+. The van der Waals surface area contributed by atoms with Crippen LogP contribution in [-0.2, 0) is 7.05 Å². The number of rotatable bonds is 1. The molecule has 0 spiro atoms. The Morgan fingerprint density at radius 2 is 1.45 bits per heavy atom. The van der Waals surface area contributed by atoms with Gasteiger partial charge in [-0.3, -0.25) is 0 Å². The summed E-state index contributed by atoms with van der Waals surface area (Å²) in [5, 5.41) is 5.11. The van der Waals surface area contributed by atoms with Crippen LogP contribution >= 0.6 is 0 Å². The van der Waals surface area contributed by atoms with Crippen LogP contribution in [0.1, 0.15) is 0 Å². The quantitative estimate of drug-likeness (QED) is 0.365. The number of aromatic nitrogens is 2. The monoisotopic (exact) mass is 259 g/mol. The van der Waals surface area contributed by atoms with Crippen LogP contribution in [0.2, 0.25) is 0 Å². The van der Waals surface area contributed by atoms with Gasteiger partial charge < -0.3 is 0 Å². The van der Waals surface area contributed by atoms with Crippen molar-refractivity contribution in [3.05, 3.63) is 73.3 Å². The van der Waals surface area contributed by atoms with Crippen molar-refractivity contribution in [3.8, 4) is 5.69 Å². The Bertz CT molecular complexity index is 865. The Morgan fingerprint density at radius 3 is 2.00 bits per heavy atom. The van der Waals surface area contributed by atoms with Crippen LogP contribution in [0, 0.1) is 0 Å². The van der Waals surface area contributed by atoms with Gasteiger partial charge in [0.15, 0.2) is 0 Å². The number of hydrogen-bond acceptors (Lipinski definition) is 0. The molecule has 0 aliphatic carbocycles. The van der Waals surface area contributed by atoms with Crippen LogP contribution in [0.3, 0.4) is 0 Å². The van der Waals surface area contributed by atoms with E-state index in [0.29, 0.717) is 0 Å². The topological polar surface area (TPSA) is 8.81 Å². The molecule has 0 unspecified atom stereocenters. The van der Waals surface area contributed by atoms with Gasteiger partial charge in [-0.25, -0.2) is 9.13 Å². The average molecular weight is 259 g/mol. The molecule has 0 aliphatic heterocycles. The molecule has 2 heteroatoms. The van der Waals surface area contributed by atoms with E-state index in [-0.39, 0.29) is 0 Å². The summed E-state index contributed by atoms with van der Waals surface area (Å²) in [6.07, 6.45) is 6.28. The third kappa shape index (κ3) is 1.62. The van der Waals surface area contributed by atoms with Crippen LogP contribution in [0.15, 0.2) is 73.3 Å². The van der Waals surface area contributed by atoms with Gasteiger partial charge in [0.1, 0.15) is 18.1 Å². The second kappa shape index (κ2) is 4.20. The zero-order valence-corrected chi connectivity index (χ0v) is 11.3. The number of aryl methyl sites for hydroxylation is 1. The van der Waals surface area contributed by atoms with Gasteiger partial charge >= 0.3 is 0 Å². The van der Waals surface area contributed by atoms with Gasteiger partial charge in [-0.1, -0.05) is 48.5 Å². The molecule has 96 valence electrons. The molecule has 0 bridgehead atoms. The van der Waals surface area contributed by atoms with E-state index in [4.69, 9.17) is 0 Å². The van der Waals surface area contributed by atoms with Gasteiger partial charge in [-0.2, -0.15) is 0 Å². The van der Waals surface area contributed by atoms with Gasteiger partial charge in [-0.15, -0.1) is 0 Å². The number of imidazole rings is 1. The Morgan fingerprint density at radius 1 is 0.850 bits per heavy atom. The minimum absolute atomic E-state index is 1.25. The van der Waals surface area contributed by atoms with Gasteiger partial charge in [-0.05, 0) is 16.8 Å². The summed E-state index contributed by atoms with van der Waals surface area (Å²) in [7, 11) is 2.05. The van der Waals surface area contributed by atoms with Crippen molar-refractivity contribution in [1.82, 2.24) is 4.57 Å². The fraction of sp³-hybridized carbons (Fsp3) is 0.0556. The Hall–Kier alpha value is -2.61. The largest absolute Gasteiger partial charge is 0.248 e. The lowest BCUT2D eigenvalue weighted by molar-refractivity contribution is -0.670. The molecule has 0 N–H and O–H groups in total. The van der Waals surface area contributed by atoms with E-state index in [1.807, 2.05) is 7.05 Å². The predicted molar refractivity (Wildman–Crippen MR) is 82.0 cm³/mol. The Labute approximate surface area is 117 Å². The second-order valence-electron chi connectivity index (χ2n) is 5.15. The lowest BCUT2D eigenvalue weighted by Gasteiger charge is -2.08. The first-order chi connectivity index (χ1) is 9.83.